The van der Waals surface area contributed by atoms with Crippen molar-refractivity contribution in [2.45, 2.75) is 20.5 Å². The minimum Gasteiger partial charge on any atom is -0.490 e. The summed E-state index contributed by atoms with van der Waals surface area (Å²) in [6.07, 6.45) is 1.44. The van der Waals surface area contributed by atoms with Gasteiger partial charge in [0, 0.05) is 0 Å². The van der Waals surface area contributed by atoms with E-state index in [1.807, 2.05) is 6.92 Å². The van der Waals surface area contributed by atoms with Gasteiger partial charge in [0.1, 0.15) is 12.4 Å². The number of aromatic nitrogens is 5. The van der Waals surface area contributed by atoms with E-state index >= 15 is 0 Å². The Morgan fingerprint density at radius 1 is 1.20 bits per heavy atom. The van der Waals surface area contributed by atoms with Crippen LogP contribution in [0.4, 0.5) is 10.2 Å². The van der Waals surface area contributed by atoms with Gasteiger partial charge in [-0.3, -0.25) is 4.79 Å². The van der Waals surface area contributed by atoms with Gasteiger partial charge in [-0.25, -0.2) is 14.4 Å². The molecular formula is C22H21FN8O4. The summed E-state index contributed by atoms with van der Waals surface area (Å²) in [5, 5.41) is 18.8. The number of carbonyl (C=O) groups is 1. The molecule has 12 nitrogen and oxygen atoms in total. The molecule has 4 aromatic rings. The van der Waals surface area contributed by atoms with Gasteiger partial charge in [0.15, 0.2) is 17.2 Å². The highest BCUT2D eigenvalue weighted by molar-refractivity contribution is 5.94. The number of hydrogen-bond acceptors (Lipinski definition) is 10. The summed E-state index contributed by atoms with van der Waals surface area (Å²) < 4.78 is 30.3. The van der Waals surface area contributed by atoms with E-state index in [1.54, 1.807) is 37.3 Å². The Labute approximate surface area is 198 Å². The van der Waals surface area contributed by atoms with Gasteiger partial charge in [0.2, 0.25) is 11.6 Å². The third-order valence-electron chi connectivity index (χ3n) is 4.70. The fraction of sp³-hybridized carbons (Fsp3) is 0.182. The number of nitrogens with zero attached hydrogens (tertiary/aromatic N) is 6. The number of anilines is 1. The van der Waals surface area contributed by atoms with Crippen molar-refractivity contribution < 1.29 is 23.3 Å². The molecule has 2 aromatic heterocycles. The molecule has 0 radical (unpaired) electrons. The predicted octanol–water partition coefficient (Wildman–Crippen LogP) is 2.42. The number of nitrogens with one attached hydrogen (secondary N) is 1. The maximum atomic E-state index is 13.1. The molecule has 3 N–H and O–H groups in total. The zero-order valence-corrected chi connectivity index (χ0v) is 18.8. The first-order chi connectivity index (χ1) is 17.0. The molecule has 35 heavy (non-hydrogen) atoms. The molecule has 0 aliphatic heterocycles. The lowest BCUT2D eigenvalue weighted by molar-refractivity contribution is 0.0946. The van der Waals surface area contributed by atoms with Crippen LogP contribution in [0, 0.1) is 12.7 Å². The number of carbonyl (C=O) groups excluding carboxylic acids is 1. The van der Waals surface area contributed by atoms with Crippen molar-refractivity contribution in [3.63, 3.8) is 0 Å². The zero-order valence-electron chi connectivity index (χ0n) is 18.8. The second-order valence-corrected chi connectivity index (χ2v) is 7.16. The zero-order chi connectivity index (χ0) is 24.8. The number of aryl methyl sites for hydroxylation is 1. The Kier molecular flexibility index (Phi) is 6.95. The maximum Gasteiger partial charge on any atom is 0.292 e. The molecule has 4 rings (SSSR count). The normalized spacial score (nSPS) is 11.1. The van der Waals surface area contributed by atoms with Crippen LogP contribution in [0.25, 0.3) is 5.82 Å². The Bertz CT molecular complexity index is 1350. The molecule has 0 fully saturated rings. The molecule has 0 spiro atoms. The number of nitrogen functional groups attached to an aromatic ring is 1. The van der Waals surface area contributed by atoms with E-state index in [4.69, 9.17) is 15.2 Å². The summed E-state index contributed by atoms with van der Waals surface area (Å²) in [5.41, 5.74) is 9.98. The first-order valence-electron chi connectivity index (χ1n) is 10.4. The molecule has 2 heterocycles. The molecule has 2 aromatic carbocycles. The molecular weight excluding hydrogens is 459 g/mol. The van der Waals surface area contributed by atoms with Crippen LogP contribution < -0.4 is 20.6 Å². The van der Waals surface area contributed by atoms with E-state index in [0.29, 0.717) is 29.4 Å². The number of hydrazone groups is 1. The van der Waals surface area contributed by atoms with Gasteiger partial charge in [-0.2, -0.15) is 9.78 Å². The van der Waals surface area contributed by atoms with E-state index in [9.17, 15) is 9.18 Å². The molecule has 0 bridgehead atoms. The highest BCUT2D eigenvalue weighted by Crippen LogP contribution is 2.29. The summed E-state index contributed by atoms with van der Waals surface area (Å²) in [5.74, 6) is 0.110. The van der Waals surface area contributed by atoms with Gasteiger partial charge in [-0.1, -0.05) is 17.3 Å². The van der Waals surface area contributed by atoms with Crippen LogP contribution in [-0.2, 0) is 6.61 Å². The fourth-order valence-corrected chi connectivity index (χ4v) is 3.06. The summed E-state index contributed by atoms with van der Waals surface area (Å²) in [6.45, 7) is 4.11. The quantitative estimate of drug-likeness (QED) is 0.271. The lowest BCUT2D eigenvalue weighted by Crippen LogP contribution is -2.22. The Morgan fingerprint density at radius 2 is 2.00 bits per heavy atom. The summed E-state index contributed by atoms with van der Waals surface area (Å²) in [4.78, 5) is 12.7. The number of rotatable bonds is 9. The molecule has 0 saturated carbocycles. The van der Waals surface area contributed by atoms with Crippen molar-refractivity contribution >= 4 is 17.9 Å². The Balaban J connectivity index is 1.45. The van der Waals surface area contributed by atoms with Crippen molar-refractivity contribution in [3.05, 3.63) is 70.8 Å². The van der Waals surface area contributed by atoms with Gasteiger partial charge in [0.05, 0.1) is 18.5 Å². The number of ether oxygens (including phenoxy) is 2. The lowest BCUT2D eigenvalue weighted by atomic mass is 10.2. The second-order valence-electron chi connectivity index (χ2n) is 7.16. The van der Waals surface area contributed by atoms with Gasteiger partial charge in [0.25, 0.3) is 5.91 Å². The average Bonchev–Trinajstić information content (AvgIpc) is 3.44. The summed E-state index contributed by atoms with van der Waals surface area (Å²) >= 11 is 0. The number of amides is 1. The SMILES string of the molecule is CCOc1cc(/C=N/NC(=O)c2c(C)nnn2-c2nonc2N)ccc1OCc1ccc(F)cc1. The number of halogens is 1. The Hall–Kier alpha value is -4.81. The fourth-order valence-electron chi connectivity index (χ4n) is 3.06. The second kappa shape index (κ2) is 10.4. The first-order valence-corrected chi connectivity index (χ1v) is 10.4. The van der Waals surface area contributed by atoms with E-state index in [2.05, 4.69) is 35.8 Å². The van der Waals surface area contributed by atoms with Crippen molar-refractivity contribution in [1.82, 2.24) is 30.7 Å². The van der Waals surface area contributed by atoms with Crippen LogP contribution in [0.5, 0.6) is 11.5 Å². The molecule has 180 valence electrons. The van der Waals surface area contributed by atoms with Crippen LogP contribution >= 0.6 is 0 Å². The molecule has 0 saturated heterocycles. The van der Waals surface area contributed by atoms with Gasteiger partial charge in [-0.15, -0.1) is 5.10 Å². The van der Waals surface area contributed by atoms with Crippen molar-refractivity contribution in [3.8, 4) is 17.3 Å². The molecule has 13 heteroatoms. The van der Waals surface area contributed by atoms with Crippen LogP contribution in [-0.4, -0.2) is 44.0 Å². The van der Waals surface area contributed by atoms with Crippen LogP contribution in [0.1, 0.15) is 34.2 Å². The summed E-state index contributed by atoms with van der Waals surface area (Å²) in [6, 6.07) is 11.2. The number of nitrogens with two attached hydrogens (primary N) is 1. The van der Waals surface area contributed by atoms with Gasteiger partial charge < -0.3 is 15.2 Å². The smallest absolute Gasteiger partial charge is 0.292 e. The third kappa shape index (κ3) is 5.40. The van der Waals surface area contributed by atoms with Crippen molar-refractivity contribution in [1.29, 1.82) is 0 Å². The number of benzene rings is 2. The molecule has 0 unspecified atom stereocenters. The van der Waals surface area contributed by atoms with E-state index in [0.717, 1.165) is 10.2 Å². The molecule has 0 aliphatic carbocycles. The van der Waals surface area contributed by atoms with Crippen molar-refractivity contribution in [2.75, 3.05) is 12.3 Å². The molecule has 1 amide bonds. The van der Waals surface area contributed by atoms with Gasteiger partial charge >= 0.3 is 0 Å². The molecule has 0 aliphatic rings. The standard InChI is InChI=1S/C22H21FN8O4/c1-3-33-18-10-15(6-9-17(18)34-12-14-4-7-16(23)8-5-14)11-25-27-22(32)19-13(2)26-30-31(19)21-20(24)28-35-29-21/h4-11H,3,12H2,1-2H3,(H2,24,28)(H,27,32)/b25-11+. The van der Waals surface area contributed by atoms with Crippen LogP contribution in [0.3, 0.4) is 0 Å². The minimum atomic E-state index is -0.588. The maximum absolute atomic E-state index is 13.1. The topological polar surface area (TPSA) is 156 Å². The average molecular weight is 480 g/mol. The van der Waals surface area contributed by atoms with E-state index < -0.39 is 5.91 Å². The minimum absolute atomic E-state index is 0.0392. The van der Waals surface area contributed by atoms with Gasteiger partial charge in [-0.05, 0) is 65.6 Å². The highest BCUT2D eigenvalue weighted by Gasteiger charge is 2.22. The lowest BCUT2D eigenvalue weighted by Gasteiger charge is -2.12. The predicted molar refractivity (Wildman–Crippen MR) is 122 cm³/mol. The monoisotopic (exact) mass is 480 g/mol. The van der Waals surface area contributed by atoms with Crippen LogP contribution in [0.15, 0.2) is 52.2 Å². The highest BCUT2D eigenvalue weighted by atomic mass is 19.1. The van der Waals surface area contributed by atoms with Crippen LogP contribution in [0.2, 0.25) is 0 Å². The number of hydrogen-bond donors (Lipinski definition) is 2. The van der Waals surface area contributed by atoms with E-state index in [1.165, 1.54) is 18.3 Å². The summed E-state index contributed by atoms with van der Waals surface area (Å²) in [7, 11) is 0. The van der Waals surface area contributed by atoms with E-state index in [-0.39, 0.29) is 29.8 Å². The first kappa shape index (κ1) is 23.4. The largest absolute Gasteiger partial charge is 0.490 e. The van der Waals surface area contributed by atoms with Crippen molar-refractivity contribution in [2.24, 2.45) is 5.10 Å². The Morgan fingerprint density at radius 3 is 2.71 bits per heavy atom. The third-order valence-corrected chi connectivity index (χ3v) is 4.70. The molecule has 0 atom stereocenters.